The van der Waals surface area contributed by atoms with Gasteiger partial charge in [0.1, 0.15) is 0 Å². The molecule has 0 saturated carbocycles. The van der Waals surface area contributed by atoms with Gasteiger partial charge in [-0.2, -0.15) is 0 Å². The Kier molecular flexibility index (Phi) is 36.6. The summed E-state index contributed by atoms with van der Waals surface area (Å²) in [6.45, 7) is 42.0. The molecule has 1 rings (SSSR count). The Morgan fingerprint density at radius 1 is 0.562 bits per heavy atom. The smallest absolute Gasteiger partial charge is 0.335 e. The van der Waals surface area contributed by atoms with Crippen molar-refractivity contribution < 1.29 is 48.0 Å². The molecule has 13 heteroatoms. The first kappa shape index (κ1) is 56.6. The van der Waals surface area contributed by atoms with Crippen molar-refractivity contribution in [2.24, 2.45) is 0 Å². The van der Waals surface area contributed by atoms with Gasteiger partial charge in [-0.05, 0) is 111 Å². The lowest BCUT2D eigenvalue weighted by molar-refractivity contribution is -0.904. The van der Waals surface area contributed by atoms with Gasteiger partial charge in [-0.25, -0.2) is 4.79 Å². The highest BCUT2D eigenvalue weighted by atomic mass is 79.9. The summed E-state index contributed by atoms with van der Waals surface area (Å²) in [4.78, 5) is 10.4. The minimum atomic E-state index is -2.92. The zero-order valence-corrected chi connectivity index (χ0v) is 36.9. The molecule has 0 aromatic heterocycles. The van der Waals surface area contributed by atoms with E-state index in [2.05, 4.69) is 143 Å². The highest BCUT2D eigenvalue weighted by Gasteiger charge is 2.13. The van der Waals surface area contributed by atoms with E-state index in [1.54, 1.807) is 0 Å². The highest BCUT2D eigenvalue weighted by Crippen LogP contribution is 2.32. The molecule has 0 amide bonds. The lowest BCUT2D eigenvalue weighted by Gasteiger charge is -2.35. The fourth-order valence-corrected chi connectivity index (χ4v) is 4.04. The van der Waals surface area contributed by atoms with Gasteiger partial charge >= 0.3 is 5.97 Å². The molecular weight excluding hydrogens is 743 g/mol. The fourth-order valence-electron chi connectivity index (χ4n) is 3.38. The van der Waals surface area contributed by atoms with Crippen molar-refractivity contribution in [1.29, 1.82) is 0 Å². The molecule has 10 nitrogen and oxygen atoms in total. The standard InChI is InChI=1S/C7H4Br2O3.4C7H18N.BO3/c8-4-2-1-3(7(11)12)6(10)5(4)9;4*1-5-8(4,6-2)7-3;2-1(3)4/h1-2,10H,(H,11,12);4*5-7H2,1-4H3;/q;4*+1;-3/p-1. The summed E-state index contributed by atoms with van der Waals surface area (Å²) < 4.78 is 5.62. The summed E-state index contributed by atoms with van der Waals surface area (Å²) in [6.07, 6.45) is 0. The number of halogens is 2. The van der Waals surface area contributed by atoms with E-state index in [-0.39, 0.29) is 10.0 Å². The molecule has 1 aromatic rings. The number of rotatable bonds is 13. The number of hydrogen-bond acceptors (Lipinski definition) is 5. The summed E-state index contributed by atoms with van der Waals surface area (Å²) in [5.41, 5.74) is -0.231. The number of carbonyl (C=O) groups is 1. The summed E-state index contributed by atoms with van der Waals surface area (Å²) in [5.74, 6) is -1.73. The lowest BCUT2D eigenvalue weighted by Crippen LogP contribution is -2.56. The third kappa shape index (κ3) is 28.0. The predicted molar refractivity (Wildman–Crippen MR) is 205 cm³/mol. The van der Waals surface area contributed by atoms with Gasteiger partial charge in [0.2, 0.25) is 0 Å². The SMILES string of the molecule is CC[N+](C)(CC)CC.CC[N+](C)(CC)CC.CC[N+](C)(CC)CC.CC[N+](C)(CC)CC.O=C(O)c1ccc(Br)c(Br)c1[O-].[O-]B([O-])[O-]. The first-order valence-electron chi connectivity index (χ1n) is 17.7. The van der Waals surface area contributed by atoms with E-state index >= 15 is 0 Å². The number of benzene rings is 1. The van der Waals surface area contributed by atoms with Crippen molar-refractivity contribution in [2.75, 3.05) is 107 Å². The first-order valence-corrected chi connectivity index (χ1v) is 19.3. The largest absolute Gasteiger partial charge is 0.907 e. The van der Waals surface area contributed by atoms with Crippen LogP contribution in [0.2, 0.25) is 0 Å². The Morgan fingerprint density at radius 2 is 0.750 bits per heavy atom. The second-order valence-electron chi connectivity index (χ2n) is 12.6. The van der Waals surface area contributed by atoms with Gasteiger partial charge in [-0.1, -0.05) is 21.7 Å². The normalized spacial score (nSPS) is 11.0. The summed E-state index contributed by atoms with van der Waals surface area (Å²) in [5, 5.41) is 45.0. The van der Waals surface area contributed by atoms with Crippen LogP contribution in [0.15, 0.2) is 21.1 Å². The zero-order valence-electron chi connectivity index (χ0n) is 33.8. The van der Waals surface area contributed by atoms with Crippen LogP contribution in [-0.2, 0) is 0 Å². The average Bonchev–Trinajstić information content (AvgIpc) is 3.09. The topological polar surface area (TPSA) is 130 Å². The monoisotopic (exact) mass is 816 g/mol. The first-order chi connectivity index (χ1) is 22.0. The van der Waals surface area contributed by atoms with Crippen molar-refractivity contribution in [3.05, 3.63) is 26.6 Å². The van der Waals surface area contributed by atoms with Crippen LogP contribution >= 0.6 is 31.9 Å². The van der Waals surface area contributed by atoms with Crippen LogP contribution in [0.3, 0.4) is 0 Å². The van der Waals surface area contributed by atoms with Crippen molar-refractivity contribution in [2.45, 2.75) is 83.1 Å². The van der Waals surface area contributed by atoms with Crippen molar-refractivity contribution >= 4 is 45.2 Å². The summed E-state index contributed by atoms with van der Waals surface area (Å²) in [6, 6.07) is 2.77. The van der Waals surface area contributed by atoms with E-state index in [1.165, 1.54) is 109 Å². The number of aromatic carboxylic acids is 1. The maximum absolute atomic E-state index is 11.2. The van der Waals surface area contributed by atoms with Gasteiger partial charge in [0.25, 0.3) is 0 Å². The molecule has 0 spiro atoms. The number of hydrogen-bond donors (Lipinski definition) is 1. The molecule has 48 heavy (non-hydrogen) atoms. The Labute approximate surface area is 314 Å². The van der Waals surface area contributed by atoms with Crippen LogP contribution in [0.25, 0.3) is 0 Å². The molecule has 0 heterocycles. The quantitative estimate of drug-likeness (QED) is 0.237. The Morgan fingerprint density at radius 3 is 0.875 bits per heavy atom. The number of carboxylic acids is 1. The zero-order chi connectivity index (χ0) is 39.4. The molecule has 0 aliphatic rings. The predicted octanol–water partition coefficient (Wildman–Crippen LogP) is 4.01. The van der Waals surface area contributed by atoms with Crippen molar-refractivity contribution in [3.8, 4) is 5.75 Å². The molecule has 0 unspecified atom stereocenters. The molecular formula is C35H75BBr2N4O6. The molecule has 1 aromatic carbocycles. The molecule has 0 radical (unpaired) electrons. The average molecular weight is 819 g/mol. The van der Waals surface area contributed by atoms with Crippen molar-refractivity contribution in [3.63, 3.8) is 0 Å². The number of quaternary nitrogens is 4. The van der Waals surface area contributed by atoms with E-state index in [1.807, 2.05) is 0 Å². The molecule has 288 valence electrons. The Balaban J connectivity index is -0.000000158. The van der Waals surface area contributed by atoms with E-state index < -0.39 is 19.0 Å². The van der Waals surface area contributed by atoms with Gasteiger partial charge in [0, 0.05) is 8.95 Å². The van der Waals surface area contributed by atoms with Crippen LogP contribution < -0.4 is 20.2 Å². The van der Waals surface area contributed by atoms with Crippen LogP contribution in [0.5, 0.6) is 5.75 Å². The molecule has 0 fully saturated rings. The van der Waals surface area contributed by atoms with Gasteiger partial charge in [0.05, 0.1) is 112 Å². The second-order valence-corrected chi connectivity index (χ2v) is 14.3. The van der Waals surface area contributed by atoms with Gasteiger partial charge in [-0.15, -0.1) is 0 Å². The van der Waals surface area contributed by atoms with Crippen LogP contribution in [-0.4, -0.2) is 143 Å². The van der Waals surface area contributed by atoms with E-state index in [9.17, 15) is 9.90 Å². The molecule has 0 atom stereocenters. The maximum atomic E-state index is 11.2. The molecule has 0 bridgehead atoms. The second kappa shape index (κ2) is 31.0. The Hall–Kier alpha value is -0.765. The third-order valence-corrected chi connectivity index (χ3v) is 12.4. The molecule has 0 aliphatic carbocycles. The minimum Gasteiger partial charge on any atom is -0.907 e. The fraction of sp³-hybridized carbons (Fsp3) is 0.800. The van der Waals surface area contributed by atoms with Gasteiger partial charge < -0.3 is 43.2 Å². The summed E-state index contributed by atoms with van der Waals surface area (Å²) in [7, 11) is 6.25. The number of carboxylic acid groups (broad SMARTS) is 1. The van der Waals surface area contributed by atoms with E-state index in [0.29, 0.717) is 4.47 Å². The minimum absolute atomic E-state index is 0.231. The molecule has 0 aliphatic heterocycles. The molecule has 1 N–H and O–H groups in total. The van der Waals surface area contributed by atoms with Gasteiger partial charge in [0.15, 0.2) is 0 Å². The lowest BCUT2D eigenvalue weighted by atomic mass is 10.2. The Bertz CT molecular complexity index is 805. The summed E-state index contributed by atoms with van der Waals surface area (Å²) >= 11 is 6.07. The van der Waals surface area contributed by atoms with E-state index in [4.69, 9.17) is 20.2 Å². The van der Waals surface area contributed by atoms with E-state index in [0.717, 1.165) is 0 Å². The van der Waals surface area contributed by atoms with Crippen LogP contribution in [0, 0.1) is 0 Å². The molecule has 0 saturated heterocycles. The third-order valence-electron chi connectivity index (χ3n) is 10.4. The number of nitrogens with zero attached hydrogens (tertiary/aromatic N) is 4. The maximum Gasteiger partial charge on any atom is 0.335 e. The van der Waals surface area contributed by atoms with Crippen LogP contribution in [0.4, 0.5) is 0 Å². The van der Waals surface area contributed by atoms with Crippen molar-refractivity contribution in [1.82, 2.24) is 0 Å². The highest BCUT2D eigenvalue weighted by molar-refractivity contribution is 9.13. The van der Waals surface area contributed by atoms with Crippen LogP contribution in [0.1, 0.15) is 93.4 Å². The van der Waals surface area contributed by atoms with Gasteiger partial charge in [-0.3, -0.25) is 7.32 Å².